The molecule has 0 unspecified atom stereocenters. The van der Waals surface area contributed by atoms with E-state index in [0.717, 1.165) is 0 Å². The van der Waals surface area contributed by atoms with E-state index in [1.807, 2.05) is 4.90 Å². The Balaban J connectivity index is 1.60. The fourth-order valence-corrected chi connectivity index (χ4v) is 3.62. The maximum atomic E-state index is 12.8. The van der Waals surface area contributed by atoms with Crippen molar-refractivity contribution in [2.24, 2.45) is 0 Å². The number of amides is 2. The molecule has 0 saturated carbocycles. The summed E-state index contributed by atoms with van der Waals surface area (Å²) in [5.41, 5.74) is 1.05. The van der Waals surface area contributed by atoms with E-state index in [9.17, 15) is 9.59 Å². The molecule has 2 aromatic carbocycles. The highest BCUT2D eigenvalue weighted by Gasteiger charge is 2.26. The molecule has 0 atom stereocenters. The molecule has 166 valence electrons. The van der Waals surface area contributed by atoms with Crippen molar-refractivity contribution in [3.63, 3.8) is 0 Å². The predicted octanol–water partition coefficient (Wildman–Crippen LogP) is 2.76. The Hall–Kier alpha value is -3.42. The molecular formula is C23H28N2O6. The van der Waals surface area contributed by atoms with Gasteiger partial charge >= 0.3 is 0 Å². The van der Waals surface area contributed by atoms with Gasteiger partial charge in [0.25, 0.3) is 11.8 Å². The number of nitrogens with zero attached hydrogens (tertiary/aromatic N) is 1. The van der Waals surface area contributed by atoms with Crippen LogP contribution in [-0.2, 0) is 0 Å². The Labute approximate surface area is 182 Å². The average Bonchev–Trinajstić information content (AvgIpc) is 2.83. The van der Waals surface area contributed by atoms with E-state index in [-0.39, 0.29) is 17.9 Å². The van der Waals surface area contributed by atoms with Gasteiger partial charge < -0.3 is 29.2 Å². The van der Waals surface area contributed by atoms with E-state index in [1.165, 1.54) is 21.3 Å². The minimum atomic E-state index is -0.223. The zero-order valence-electron chi connectivity index (χ0n) is 18.3. The molecule has 1 heterocycles. The van der Waals surface area contributed by atoms with Gasteiger partial charge in [0.05, 0.1) is 28.4 Å². The van der Waals surface area contributed by atoms with Crippen LogP contribution in [0.1, 0.15) is 33.6 Å². The monoisotopic (exact) mass is 428 g/mol. The molecular weight excluding hydrogens is 400 g/mol. The van der Waals surface area contributed by atoms with E-state index < -0.39 is 0 Å². The van der Waals surface area contributed by atoms with Gasteiger partial charge in [-0.15, -0.1) is 0 Å². The molecule has 1 aliphatic heterocycles. The average molecular weight is 428 g/mol. The molecule has 0 radical (unpaired) electrons. The van der Waals surface area contributed by atoms with Gasteiger partial charge in [-0.1, -0.05) is 0 Å². The molecule has 3 rings (SSSR count). The normalized spacial score (nSPS) is 14.0. The van der Waals surface area contributed by atoms with Gasteiger partial charge in [0, 0.05) is 30.3 Å². The summed E-state index contributed by atoms with van der Waals surface area (Å²) in [5, 5.41) is 3.04. The van der Waals surface area contributed by atoms with Crippen LogP contribution in [0.25, 0.3) is 0 Å². The number of likely N-dealkylation sites (tertiary alicyclic amines) is 1. The van der Waals surface area contributed by atoms with Gasteiger partial charge in [0.2, 0.25) is 5.75 Å². The maximum absolute atomic E-state index is 12.8. The maximum Gasteiger partial charge on any atom is 0.253 e. The predicted molar refractivity (Wildman–Crippen MR) is 115 cm³/mol. The summed E-state index contributed by atoms with van der Waals surface area (Å²) in [4.78, 5) is 27.3. The van der Waals surface area contributed by atoms with Crippen LogP contribution in [-0.4, -0.2) is 64.3 Å². The van der Waals surface area contributed by atoms with Crippen molar-refractivity contribution in [2.45, 2.75) is 18.9 Å². The van der Waals surface area contributed by atoms with Crippen molar-refractivity contribution in [1.29, 1.82) is 0 Å². The molecule has 0 aromatic heterocycles. The Morgan fingerprint density at radius 1 is 0.839 bits per heavy atom. The first-order valence-corrected chi connectivity index (χ1v) is 10.0. The Kier molecular flexibility index (Phi) is 7.23. The van der Waals surface area contributed by atoms with Gasteiger partial charge in [-0.3, -0.25) is 9.59 Å². The lowest BCUT2D eigenvalue weighted by atomic mass is 10.0. The van der Waals surface area contributed by atoms with Gasteiger partial charge in [-0.2, -0.15) is 0 Å². The number of nitrogens with one attached hydrogen (secondary N) is 1. The number of ether oxygens (including phenoxy) is 4. The number of methoxy groups -OCH3 is 4. The first-order valence-electron chi connectivity index (χ1n) is 10.0. The summed E-state index contributed by atoms with van der Waals surface area (Å²) in [7, 11) is 6.12. The fraction of sp³-hybridized carbons (Fsp3) is 0.391. The number of hydrogen-bond acceptors (Lipinski definition) is 6. The minimum Gasteiger partial charge on any atom is -0.497 e. The summed E-state index contributed by atoms with van der Waals surface area (Å²) in [6, 6.07) is 10.3. The van der Waals surface area contributed by atoms with Crippen molar-refractivity contribution in [3.05, 3.63) is 47.5 Å². The first kappa shape index (κ1) is 22.3. The molecule has 1 aliphatic rings. The van der Waals surface area contributed by atoms with Gasteiger partial charge in [-0.25, -0.2) is 0 Å². The van der Waals surface area contributed by atoms with Crippen molar-refractivity contribution in [1.82, 2.24) is 10.2 Å². The fourth-order valence-electron chi connectivity index (χ4n) is 3.62. The van der Waals surface area contributed by atoms with Crippen LogP contribution >= 0.6 is 0 Å². The number of benzene rings is 2. The van der Waals surface area contributed by atoms with E-state index in [2.05, 4.69) is 5.32 Å². The summed E-state index contributed by atoms with van der Waals surface area (Å²) in [6.45, 7) is 1.15. The van der Waals surface area contributed by atoms with Crippen LogP contribution in [0.4, 0.5) is 0 Å². The van der Waals surface area contributed by atoms with Crippen molar-refractivity contribution in [2.75, 3.05) is 41.5 Å². The molecule has 1 fully saturated rings. The molecule has 1 saturated heterocycles. The van der Waals surface area contributed by atoms with E-state index in [4.69, 9.17) is 18.9 Å². The summed E-state index contributed by atoms with van der Waals surface area (Å²) >= 11 is 0. The van der Waals surface area contributed by atoms with Gasteiger partial charge in [0.1, 0.15) is 5.75 Å². The lowest BCUT2D eigenvalue weighted by Gasteiger charge is -2.32. The van der Waals surface area contributed by atoms with Crippen LogP contribution < -0.4 is 24.3 Å². The van der Waals surface area contributed by atoms with Crippen molar-refractivity contribution in [3.8, 4) is 23.0 Å². The lowest BCUT2D eigenvalue weighted by Crippen LogP contribution is -2.46. The SMILES string of the molecule is COc1ccc(C(=O)N2CCC(NC(=O)c3cc(OC)c(OC)c(OC)c3)CC2)cc1. The second kappa shape index (κ2) is 10.1. The highest BCUT2D eigenvalue weighted by molar-refractivity contribution is 5.96. The molecule has 0 aliphatic carbocycles. The topological polar surface area (TPSA) is 86.3 Å². The highest BCUT2D eigenvalue weighted by atomic mass is 16.5. The second-order valence-corrected chi connectivity index (χ2v) is 7.18. The van der Waals surface area contributed by atoms with Gasteiger partial charge in [-0.05, 0) is 49.2 Å². The Bertz CT molecular complexity index is 895. The molecule has 0 spiro atoms. The largest absolute Gasteiger partial charge is 0.497 e. The lowest BCUT2D eigenvalue weighted by molar-refractivity contribution is 0.0698. The third-order valence-electron chi connectivity index (χ3n) is 5.38. The zero-order valence-corrected chi connectivity index (χ0v) is 18.3. The minimum absolute atomic E-state index is 0.0166. The van der Waals surface area contributed by atoms with E-state index >= 15 is 0 Å². The summed E-state index contributed by atoms with van der Waals surface area (Å²) in [6.07, 6.45) is 1.36. The molecule has 2 amide bonds. The number of piperidine rings is 1. The summed E-state index contributed by atoms with van der Waals surface area (Å²) in [5.74, 6) is 1.76. The second-order valence-electron chi connectivity index (χ2n) is 7.18. The Morgan fingerprint density at radius 3 is 1.90 bits per heavy atom. The third kappa shape index (κ3) is 5.02. The summed E-state index contributed by atoms with van der Waals surface area (Å²) < 4.78 is 21.1. The van der Waals surface area contributed by atoms with Crippen LogP contribution in [0.15, 0.2) is 36.4 Å². The number of carbonyl (C=O) groups excluding carboxylic acids is 2. The molecule has 8 heteroatoms. The van der Waals surface area contributed by atoms with Crippen molar-refractivity contribution < 1.29 is 28.5 Å². The Morgan fingerprint density at radius 2 is 1.42 bits per heavy atom. The van der Waals surface area contributed by atoms with Crippen molar-refractivity contribution >= 4 is 11.8 Å². The standard InChI is InChI=1S/C23H28N2O6/c1-28-18-7-5-15(6-8-18)23(27)25-11-9-17(10-12-25)24-22(26)16-13-19(29-2)21(31-4)20(14-16)30-3/h5-8,13-14,17H,9-12H2,1-4H3,(H,24,26). The first-order chi connectivity index (χ1) is 15.0. The molecule has 8 nitrogen and oxygen atoms in total. The van der Waals surface area contributed by atoms with Gasteiger partial charge in [0.15, 0.2) is 11.5 Å². The smallest absolute Gasteiger partial charge is 0.253 e. The number of hydrogen-bond donors (Lipinski definition) is 1. The number of carbonyl (C=O) groups is 2. The van der Waals surface area contributed by atoms with Crippen LogP contribution in [0.2, 0.25) is 0 Å². The highest BCUT2D eigenvalue weighted by Crippen LogP contribution is 2.38. The quantitative estimate of drug-likeness (QED) is 0.730. The molecule has 0 bridgehead atoms. The molecule has 31 heavy (non-hydrogen) atoms. The zero-order chi connectivity index (χ0) is 22.4. The third-order valence-corrected chi connectivity index (χ3v) is 5.38. The van der Waals surface area contributed by atoms with Crippen LogP contribution in [0.3, 0.4) is 0 Å². The van der Waals surface area contributed by atoms with E-state index in [0.29, 0.717) is 60.1 Å². The molecule has 2 aromatic rings. The number of rotatable bonds is 7. The van der Waals surface area contributed by atoms with Crippen LogP contribution in [0.5, 0.6) is 23.0 Å². The van der Waals surface area contributed by atoms with E-state index in [1.54, 1.807) is 43.5 Å². The molecule has 1 N–H and O–H groups in total. The van der Waals surface area contributed by atoms with Crippen LogP contribution in [0, 0.1) is 0 Å².